The first-order chi connectivity index (χ1) is 28.4. The van der Waals surface area contributed by atoms with Gasteiger partial charge in [-0.3, -0.25) is 4.99 Å². The molecule has 0 spiro atoms. The molecule has 58 heavy (non-hydrogen) atoms. The van der Waals surface area contributed by atoms with Crippen molar-refractivity contribution in [3.05, 3.63) is 228 Å². The average molecular weight is 748 g/mol. The monoisotopic (exact) mass is 747 g/mol. The van der Waals surface area contributed by atoms with Crippen LogP contribution in [0.4, 0.5) is 0 Å². The van der Waals surface area contributed by atoms with Crippen LogP contribution in [-0.2, 0) is 6.54 Å². The lowest BCUT2D eigenvalue weighted by Gasteiger charge is -2.14. The number of aliphatic imine (C=N–C) groups is 3. The fourth-order valence-corrected chi connectivity index (χ4v) is 7.68. The number of aryl methyl sites for hydroxylation is 1. The highest BCUT2D eigenvalue weighted by atomic mass is 15.0. The van der Waals surface area contributed by atoms with E-state index in [1.165, 1.54) is 38.4 Å². The zero-order valence-electron chi connectivity index (χ0n) is 33.3. The number of hydrogen-bond acceptors (Lipinski definition) is 1. The van der Waals surface area contributed by atoms with Gasteiger partial charge in [0.1, 0.15) is 0 Å². The van der Waals surface area contributed by atoms with E-state index in [2.05, 4.69) is 185 Å². The second kappa shape index (κ2) is 16.9. The van der Waals surface area contributed by atoms with E-state index >= 15 is 0 Å². The van der Waals surface area contributed by atoms with Crippen LogP contribution in [0.3, 0.4) is 0 Å². The van der Waals surface area contributed by atoms with Gasteiger partial charge in [-0.1, -0.05) is 170 Å². The summed E-state index contributed by atoms with van der Waals surface area (Å²) in [5.74, 6) is 1.12. The summed E-state index contributed by atoms with van der Waals surface area (Å²) in [6.45, 7) is 15.3. The lowest BCUT2D eigenvalue weighted by molar-refractivity contribution is 1.07. The zero-order valence-corrected chi connectivity index (χ0v) is 33.3. The normalized spacial score (nSPS) is 12.7. The van der Waals surface area contributed by atoms with Crippen LogP contribution in [0.25, 0.3) is 54.6 Å². The molecule has 280 valence electrons. The van der Waals surface area contributed by atoms with Gasteiger partial charge in [-0.15, -0.1) is 0 Å². The molecule has 0 amide bonds. The van der Waals surface area contributed by atoms with Crippen molar-refractivity contribution >= 4 is 61.9 Å². The Hall–Kier alpha value is -7.23. The third kappa shape index (κ3) is 7.89. The van der Waals surface area contributed by atoms with Gasteiger partial charge in [0, 0.05) is 11.1 Å². The van der Waals surface area contributed by atoms with Crippen molar-refractivity contribution in [2.24, 2.45) is 15.0 Å². The Balaban J connectivity index is 1.19. The van der Waals surface area contributed by atoms with Crippen LogP contribution in [0.2, 0.25) is 0 Å². The maximum Gasteiger partial charge on any atom is 0.161 e. The molecule has 0 aliphatic heterocycles. The number of hydrogen-bond donors (Lipinski definition) is 0. The Labute approximate surface area is 341 Å². The van der Waals surface area contributed by atoms with E-state index in [4.69, 9.17) is 9.98 Å². The van der Waals surface area contributed by atoms with Crippen LogP contribution in [-0.4, -0.2) is 18.4 Å². The molecule has 0 saturated carbocycles. The summed E-state index contributed by atoms with van der Waals surface area (Å²) in [7, 11) is 0. The average Bonchev–Trinajstić information content (AvgIpc) is 3.27. The number of nitrogens with zero attached hydrogens (tertiary/aromatic N) is 3. The molecular weight excluding hydrogens is 703 g/mol. The summed E-state index contributed by atoms with van der Waals surface area (Å²) >= 11 is 0. The third-order valence-corrected chi connectivity index (χ3v) is 10.9. The van der Waals surface area contributed by atoms with E-state index in [9.17, 15) is 0 Å². The smallest absolute Gasteiger partial charge is 0.161 e. The van der Waals surface area contributed by atoms with Gasteiger partial charge in [0.15, 0.2) is 11.7 Å². The van der Waals surface area contributed by atoms with E-state index < -0.39 is 0 Å². The quantitative estimate of drug-likeness (QED) is 0.0801. The highest BCUT2D eigenvalue weighted by Gasteiger charge is 2.16. The van der Waals surface area contributed by atoms with Crippen molar-refractivity contribution in [2.45, 2.75) is 27.3 Å². The molecule has 0 bridgehead atoms. The van der Waals surface area contributed by atoms with E-state index in [-0.39, 0.29) is 0 Å². The van der Waals surface area contributed by atoms with Crippen LogP contribution in [0.1, 0.15) is 47.2 Å². The summed E-state index contributed by atoms with van der Waals surface area (Å²) < 4.78 is 0. The van der Waals surface area contributed by atoms with Crippen molar-refractivity contribution in [2.75, 3.05) is 0 Å². The van der Waals surface area contributed by atoms with Crippen molar-refractivity contribution < 1.29 is 0 Å². The summed E-state index contributed by atoms with van der Waals surface area (Å²) in [5, 5.41) is 7.07. The summed E-state index contributed by atoms with van der Waals surface area (Å²) in [4.78, 5) is 14.9. The molecule has 0 saturated heterocycles. The molecule has 0 unspecified atom stereocenters. The number of allylic oxidation sites excluding steroid dienone is 5. The van der Waals surface area contributed by atoms with E-state index in [1.54, 1.807) is 0 Å². The van der Waals surface area contributed by atoms with Gasteiger partial charge in [0.2, 0.25) is 0 Å². The van der Waals surface area contributed by atoms with Gasteiger partial charge in [0.05, 0.1) is 6.54 Å². The third-order valence-electron chi connectivity index (χ3n) is 10.9. The van der Waals surface area contributed by atoms with Crippen LogP contribution < -0.4 is 0 Å². The zero-order chi connectivity index (χ0) is 40.0. The van der Waals surface area contributed by atoms with E-state index in [0.29, 0.717) is 18.2 Å². The van der Waals surface area contributed by atoms with Gasteiger partial charge < -0.3 is 0 Å². The van der Waals surface area contributed by atoms with Crippen molar-refractivity contribution in [1.82, 2.24) is 0 Å². The van der Waals surface area contributed by atoms with Crippen molar-refractivity contribution in [3.63, 3.8) is 0 Å². The molecular formula is C55H45N3. The van der Waals surface area contributed by atoms with Crippen LogP contribution in [0, 0.1) is 6.92 Å². The molecule has 3 heteroatoms. The Kier molecular flexibility index (Phi) is 11.0. The number of benzene rings is 8. The molecule has 0 aromatic heterocycles. The van der Waals surface area contributed by atoms with E-state index in [1.807, 2.05) is 36.4 Å². The molecule has 0 fully saturated rings. The largest absolute Gasteiger partial charge is 0.261 e. The molecule has 0 aliphatic rings. The van der Waals surface area contributed by atoms with Gasteiger partial charge in [0.25, 0.3) is 0 Å². The molecule has 8 aromatic rings. The van der Waals surface area contributed by atoms with Crippen molar-refractivity contribution in [3.8, 4) is 11.1 Å². The number of rotatable bonds is 9. The van der Waals surface area contributed by atoms with Gasteiger partial charge >= 0.3 is 0 Å². The SMILES string of the molecule is C=NC(=NC(=NCc1ccc(/C(C)=C/C=C(/C)C(=C)c2cc3ccccc3cc2C)c2ccccc12)c1cc2ccccc2cc1-c1ccccc1)c1ccccc1. The summed E-state index contributed by atoms with van der Waals surface area (Å²) in [6.07, 6.45) is 4.40. The Morgan fingerprint density at radius 3 is 1.79 bits per heavy atom. The minimum Gasteiger partial charge on any atom is -0.261 e. The number of amidine groups is 2. The first kappa shape index (κ1) is 37.7. The van der Waals surface area contributed by atoms with Crippen LogP contribution in [0.5, 0.6) is 0 Å². The molecule has 3 nitrogen and oxygen atoms in total. The molecule has 8 aromatic carbocycles. The standard InChI is InChI=1S/C55H45N3/c1-37(40(4)51-33-44-23-13-12-22-43(44)32-39(51)3)28-29-38(2)48-31-30-47(49-26-16-17-27-50(48)49)36-57-55(58-54(56-5)42-20-10-7-11-21-42)53-35-46-25-15-14-24-45(46)34-52(53)41-18-8-6-9-19-41/h6-35H,4-5,36H2,1-3H3/b37-28-,38-29+,57-55?,58-54?. The molecule has 0 aliphatic carbocycles. The second-order valence-corrected chi connectivity index (χ2v) is 14.7. The maximum atomic E-state index is 5.34. The molecule has 0 N–H and O–H groups in total. The highest BCUT2D eigenvalue weighted by molar-refractivity contribution is 6.16. The van der Waals surface area contributed by atoms with Crippen LogP contribution >= 0.6 is 0 Å². The minimum absolute atomic E-state index is 0.423. The maximum absolute atomic E-state index is 5.34. The lowest BCUT2D eigenvalue weighted by atomic mass is 9.92. The second-order valence-electron chi connectivity index (χ2n) is 14.7. The predicted molar refractivity (Wildman–Crippen MR) is 251 cm³/mol. The predicted octanol–water partition coefficient (Wildman–Crippen LogP) is 14.3. The fraction of sp³-hybridized carbons (Fsp3) is 0.0727. The molecule has 8 rings (SSSR count). The Morgan fingerprint density at radius 2 is 1.12 bits per heavy atom. The Bertz CT molecular complexity index is 2960. The lowest BCUT2D eigenvalue weighted by Crippen LogP contribution is -2.07. The molecule has 0 radical (unpaired) electrons. The first-order valence-electron chi connectivity index (χ1n) is 19.7. The van der Waals surface area contributed by atoms with Gasteiger partial charge in [-0.25, -0.2) is 9.98 Å². The van der Waals surface area contributed by atoms with Crippen molar-refractivity contribution in [1.29, 1.82) is 0 Å². The number of fused-ring (bicyclic) bond motifs is 3. The Morgan fingerprint density at radius 1 is 0.552 bits per heavy atom. The van der Waals surface area contributed by atoms with Crippen LogP contribution in [0.15, 0.2) is 209 Å². The van der Waals surface area contributed by atoms with Gasteiger partial charge in [-0.2, -0.15) is 0 Å². The summed E-state index contributed by atoms with van der Waals surface area (Å²) in [6, 6.07) is 59.3. The fourth-order valence-electron chi connectivity index (χ4n) is 7.68. The molecule has 0 atom stereocenters. The van der Waals surface area contributed by atoms with Gasteiger partial charge in [-0.05, 0) is 128 Å². The molecule has 0 heterocycles. The first-order valence-corrected chi connectivity index (χ1v) is 19.7. The topological polar surface area (TPSA) is 37.1 Å². The highest BCUT2D eigenvalue weighted by Crippen LogP contribution is 2.33. The van der Waals surface area contributed by atoms with E-state index in [0.717, 1.165) is 55.1 Å². The summed E-state index contributed by atoms with van der Waals surface area (Å²) in [5.41, 5.74) is 12.0. The minimum atomic E-state index is 0.423.